The number of nitrogens with zero attached hydrogens (tertiary/aromatic N) is 4. The smallest absolute Gasteiger partial charge is 0.223 e. The number of nitrogen functional groups attached to an aromatic ring is 1. The second-order valence-corrected chi connectivity index (χ2v) is 6.59. The summed E-state index contributed by atoms with van der Waals surface area (Å²) in [7, 11) is -2.30. The maximum atomic E-state index is 13.9. The maximum Gasteiger partial charge on any atom is 0.223 e. The number of hydrogen-bond acceptors (Lipinski definition) is 7. The summed E-state index contributed by atoms with van der Waals surface area (Å²) in [4.78, 5) is 8.33. The van der Waals surface area contributed by atoms with E-state index in [1.165, 1.54) is 23.8 Å². The molecule has 0 amide bonds. The number of ether oxygens (including phenoxy) is 1. The molecule has 0 aliphatic carbocycles. The van der Waals surface area contributed by atoms with Crippen LogP contribution in [0.2, 0.25) is 0 Å². The van der Waals surface area contributed by atoms with Crippen LogP contribution in [0.25, 0.3) is 16.6 Å². The zero-order valence-electron chi connectivity index (χ0n) is 12.0. The van der Waals surface area contributed by atoms with Crippen molar-refractivity contribution in [1.82, 2.24) is 19.6 Å². The molecule has 11 heteroatoms. The van der Waals surface area contributed by atoms with Crippen molar-refractivity contribution in [3.63, 3.8) is 0 Å². The van der Waals surface area contributed by atoms with Crippen molar-refractivity contribution >= 4 is 32.5 Å². The van der Waals surface area contributed by atoms with Crippen LogP contribution in [0, 0.1) is 5.82 Å². The number of sulfonamides is 1. The van der Waals surface area contributed by atoms with Crippen LogP contribution in [0.5, 0.6) is 5.75 Å². The average Bonchev–Trinajstić information content (AvgIpc) is 2.90. The SMILES string of the molecule is COc1cc2nc(N)n3nc(CCS(N)(=O)=O)nc3c2cc1F. The molecule has 23 heavy (non-hydrogen) atoms. The number of rotatable bonds is 4. The third-order valence-electron chi connectivity index (χ3n) is 3.22. The molecule has 0 atom stereocenters. The van der Waals surface area contributed by atoms with Gasteiger partial charge in [0.05, 0.1) is 18.4 Å². The highest BCUT2D eigenvalue weighted by Gasteiger charge is 2.16. The van der Waals surface area contributed by atoms with E-state index in [2.05, 4.69) is 15.1 Å². The number of aryl methyl sites for hydroxylation is 1. The number of anilines is 1. The lowest BCUT2D eigenvalue weighted by atomic mass is 10.2. The van der Waals surface area contributed by atoms with Crippen molar-refractivity contribution in [2.75, 3.05) is 18.6 Å². The van der Waals surface area contributed by atoms with Gasteiger partial charge >= 0.3 is 0 Å². The van der Waals surface area contributed by atoms with Gasteiger partial charge in [-0.3, -0.25) is 0 Å². The molecule has 0 fully saturated rings. The summed E-state index contributed by atoms with van der Waals surface area (Å²) in [6, 6.07) is 2.62. The number of benzene rings is 1. The van der Waals surface area contributed by atoms with Gasteiger partial charge in [-0.15, -0.1) is 5.10 Å². The number of aromatic nitrogens is 4. The van der Waals surface area contributed by atoms with Gasteiger partial charge in [0.25, 0.3) is 0 Å². The lowest BCUT2D eigenvalue weighted by Crippen LogP contribution is -2.18. The van der Waals surface area contributed by atoms with Gasteiger partial charge in [0.15, 0.2) is 23.0 Å². The summed E-state index contributed by atoms with van der Waals surface area (Å²) in [5.74, 6) is -0.603. The summed E-state index contributed by atoms with van der Waals surface area (Å²) in [6.45, 7) is 0. The van der Waals surface area contributed by atoms with E-state index in [0.29, 0.717) is 10.9 Å². The van der Waals surface area contributed by atoms with E-state index in [4.69, 9.17) is 15.6 Å². The minimum Gasteiger partial charge on any atom is -0.494 e. The van der Waals surface area contributed by atoms with Gasteiger partial charge < -0.3 is 10.5 Å². The molecule has 3 rings (SSSR count). The molecule has 0 bridgehead atoms. The van der Waals surface area contributed by atoms with E-state index in [-0.39, 0.29) is 35.3 Å². The van der Waals surface area contributed by atoms with Gasteiger partial charge in [0.1, 0.15) is 0 Å². The van der Waals surface area contributed by atoms with Gasteiger partial charge in [0, 0.05) is 17.9 Å². The fourth-order valence-corrected chi connectivity index (χ4v) is 2.64. The zero-order valence-corrected chi connectivity index (χ0v) is 12.8. The number of halogens is 1. The molecule has 0 aliphatic heterocycles. The molecule has 0 spiro atoms. The quantitative estimate of drug-likeness (QED) is 0.672. The summed E-state index contributed by atoms with van der Waals surface area (Å²) < 4.78 is 42.1. The second-order valence-electron chi connectivity index (χ2n) is 4.85. The van der Waals surface area contributed by atoms with Crippen LogP contribution < -0.4 is 15.6 Å². The minimum atomic E-state index is -3.64. The number of methoxy groups -OCH3 is 1. The van der Waals surface area contributed by atoms with Crippen LogP contribution in [0.15, 0.2) is 12.1 Å². The van der Waals surface area contributed by atoms with E-state index in [9.17, 15) is 12.8 Å². The van der Waals surface area contributed by atoms with Crippen LogP contribution in [0.1, 0.15) is 5.82 Å². The minimum absolute atomic E-state index is 0.0140. The van der Waals surface area contributed by atoms with E-state index in [1.807, 2.05) is 0 Å². The maximum absolute atomic E-state index is 13.9. The monoisotopic (exact) mass is 340 g/mol. The predicted molar refractivity (Wildman–Crippen MR) is 80.9 cm³/mol. The van der Waals surface area contributed by atoms with Gasteiger partial charge in [0.2, 0.25) is 16.0 Å². The molecule has 0 aliphatic rings. The summed E-state index contributed by atoms with van der Waals surface area (Å²) in [5.41, 5.74) is 6.48. The van der Waals surface area contributed by atoms with Crippen molar-refractivity contribution in [3.05, 3.63) is 23.8 Å². The molecule has 0 radical (unpaired) electrons. The number of nitrogens with two attached hydrogens (primary N) is 2. The zero-order chi connectivity index (χ0) is 16.8. The highest BCUT2D eigenvalue weighted by Crippen LogP contribution is 2.26. The Balaban J connectivity index is 2.18. The van der Waals surface area contributed by atoms with E-state index < -0.39 is 15.8 Å². The Morgan fingerprint density at radius 1 is 1.35 bits per heavy atom. The molecule has 2 aromatic heterocycles. The highest BCUT2D eigenvalue weighted by atomic mass is 32.2. The number of primary sulfonamides is 1. The number of fused-ring (bicyclic) bond motifs is 3. The molecule has 9 nitrogen and oxygen atoms in total. The number of hydrogen-bond donors (Lipinski definition) is 2. The molecular weight excluding hydrogens is 327 g/mol. The van der Waals surface area contributed by atoms with E-state index in [1.54, 1.807) is 0 Å². The fraction of sp³-hybridized carbons (Fsp3) is 0.250. The Morgan fingerprint density at radius 3 is 2.74 bits per heavy atom. The molecule has 122 valence electrons. The van der Waals surface area contributed by atoms with Crippen molar-refractivity contribution < 1.29 is 17.5 Å². The Morgan fingerprint density at radius 2 is 2.09 bits per heavy atom. The molecule has 0 saturated heterocycles. The van der Waals surface area contributed by atoms with Crippen LogP contribution in [0.4, 0.5) is 10.3 Å². The first kappa shape index (κ1) is 15.4. The van der Waals surface area contributed by atoms with Crippen molar-refractivity contribution in [2.24, 2.45) is 5.14 Å². The molecule has 0 unspecified atom stereocenters. The first-order valence-corrected chi connectivity index (χ1v) is 8.19. The standard InChI is InChI=1S/C12H13FN6O3S/c1-22-9-5-8-6(4-7(9)13)11-17-10(2-3-23(15,20)21)18-19(11)12(14)16-8/h4-5H,2-3H2,1H3,(H2,14,16)(H2,15,20,21). The fourth-order valence-electron chi connectivity index (χ4n) is 2.17. The Bertz CT molecular complexity index is 1020. The van der Waals surface area contributed by atoms with Gasteiger partial charge in [-0.25, -0.2) is 27.9 Å². The summed E-state index contributed by atoms with van der Waals surface area (Å²) >= 11 is 0. The van der Waals surface area contributed by atoms with Crippen LogP contribution in [-0.2, 0) is 16.4 Å². The average molecular weight is 340 g/mol. The third-order valence-corrected chi connectivity index (χ3v) is 4.00. The van der Waals surface area contributed by atoms with Crippen molar-refractivity contribution in [1.29, 1.82) is 0 Å². The van der Waals surface area contributed by atoms with Crippen LogP contribution in [0.3, 0.4) is 0 Å². The topological polar surface area (TPSA) is 138 Å². The Kier molecular flexibility index (Phi) is 3.53. The molecule has 4 N–H and O–H groups in total. The van der Waals surface area contributed by atoms with Gasteiger partial charge in [-0.2, -0.15) is 4.52 Å². The lowest BCUT2D eigenvalue weighted by molar-refractivity contribution is 0.387. The normalized spacial score (nSPS) is 12.1. The first-order valence-electron chi connectivity index (χ1n) is 6.47. The van der Waals surface area contributed by atoms with Crippen LogP contribution in [-0.4, -0.2) is 40.9 Å². The van der Waals surface area contributed by atoms with E-state index >= 15 is 0 Å². The second kappa shape index (κ2) is 5.28. The molecule has 2 heterocycles. The third kappa shape index (κ3) is 2.87. The van der Waals surface area contributed by atoms with Crippen LogP contribution >= 0.6 is 0 Å². The molecule has 3 aromatic rings. The largest absolute Gasteiger partial charge is 0.494 e. The van der Waals surface area contributed by atoms with Gasteiger partial charge in [-0.1, -0.05) is 0 Å². The molecule has 0 saturated carbocycles. The van der Waals surface area contributed by atoms with Gasteiger partial charge in [-0.05, 0) is 6.07 Å². The molecule has 1 aromatic carbocycles. The Labute approximate surface area is 130 Å². The Hall–Kier alpha value is -2.53. The molecular formula is C12H13FN6O3S. The highest BCUT2D eigenvalue weighted by molar-refractivity contribution is 7.89. The summed E-state index contributed by atoms with van der Waals surface area (Å²) in [5, 5.41) is 9.42. The van der Waals surface area contributed by atoms with E-state index in [0.717, 1.165) is 0 Å². The lowest BCUT2D eigenvalue weighted by Gasteiger charge is -2.05. The summed E-state index contributed by atoms with van der Waals surface area (Å²) in [6.07, 6.45) is 0.0140. The van der Waals surface area contributed by atoms with Crippen molar-refractivity contribution in [3.8, 4) is 5.75 Å². The first-order chi connectivity index (χ1) is 10.8. The van der Waals surface area contributed by atoms with Crippen molar-refractivity contribution in [2.45, 2.75) is 6.42 Å². The predicted octanol–water partition coefficient (Wildman–Crippen LogP) is -0.162.